The Morgan fingerprint density at radius 1 is 1.20 bits per heavy atom. The monoisotopic (exact) mass is 348 g/mol. The SMILES string of the molecule is C[Si](C)(C)C#Cc1c(F)ccc(Br)c1Br. The van der Waals surface area contributed by atoms with Gasteiger partial charge in [0.1, 0.15) is 13.9 Å². The molecule has 1 aromatic carbocycles. The first-order valence-electron chi connectivity index (χ1n) is 4.48. The molecule has 0 spiro atoms. The van der Waals surface area contributed by atoms with Gasteiger partial charge < -0.3 is 0 Å². The van der Waals surface area contributed by atoms with E-state index in [0.717, 1.165) is 4.47 Å². The van der Waals surface area contributed by atoms with Crippen molar-refractivity contribution in [2.75, 3.05) is 0 Å². The van der Waals surface area contributed by atoms with E-state index < -0.39 is 8.07 Å². The minimum atomic E-state index is -1.47. The molecule has 0 heterocycles. The van der Waals surface area contributed by atoms with Crippen LogP contribution in [-0.2, 0) is 0 Å². The minimum Gasteiger partial charge on any atom is -0.206 e. The topological polar surface area (TPSA) is 0 Å². The Labute approximate surface area is 108 Å². The fourth-order valence-corrected chi connectivity index (χ4v) is 2.14. The van der Waals surface area contributed by atoms with E-state index in [1.165, 1.54) is 6.07 Å². The number of hydrogen-bond acceptors (Lipinski definition) is 0. The summed E-state index contributed by atoms with van der Waals surface area (Å²) in [4.78, 5) is 0. The Hall–Kier alpha value is -0.113. The average molecular weight is 350 g/mol. The average Bonchev–Trinajstić information content (AvgIpc) is 2.10. The first-order valence-corrected chi connectivity index (χ1v) is 9.56. The quantitative estimate of drug-likeness (QED) is 0.365. The zero-order valence-corrected chi connectivity index (χ0v) is 13.0. The summed E-state index contributed by atoms with van der Waals surface area (Å²) in [5, 5.41) is 0. The van der Waals surface area contributed by atoms with Crippen molar-refractivity contribution < 1.29 is 4.39 Å². The minimum absolute atomic E-state index is 0.282. The zero-order valence-electron chi connectivity index (χ0n) is 8.79. The smallest absolute Gasteiger partial charge is 0.140 e. The summed E-state index contributed by atoms with van der Waals surface area (Å²) in [6, 6.07) is 3.09. The Morgan fingerprint density at radius 2 is 1.80 bits per heavy atom. The predicted octanol–water partition coefficient (Wildman–Crippen LogP) is 4.58. The second-order valence-electron chi connectivity index (χ2n) is 4.22. The molecule has 0 aromatic heterocycles. The summed E-state index contributed by atoms with van der Waals surface area (Å²) in [6.07, 6.45) is 0. The summed E-state index contributed by atoms with van der Waals surface area (Å²) in [5.74, 6) is 2.64. The number of benzene rings is 1. The van der Waals surface area contributed by atoms with Crippen LogP contribution in [0.2, 0.25) is 19.6 Å². The van der Waals surface area contributed by atoms with Crippen LogP contribution in [0.3, 0.4) is 0 Å². The fraction of sp³-hybridized carbons (Fsp3) is 0.273. The van der Waals surface area contributed by atoms with E-state index in [2.05, 4.69) is 63.0 Å². The van der Waals surface area contributed by atoms with Crippen molar-refractivity contribution in [2.24, 2.45) is 0 Å². The van der Waals surface area contributed by atoms with E-state index in [0.29, 0.717) is 10.0 Å². The molecule has 80 valence electrons. The van der Waals surface area contributed by atoms with Gasteiger partial charge in [-0.25, -0.2) is 4.39 Å². The largest absolute Gasteiger partial charge is 0.206 e. The van der Waals surface area contributed by atoms with Gasteiger partial charge in [0.15, 0.2) is 0 Å². The molecule has 0 saturated heterocycles. The highest BCUT2D eigenvalue weighted by Crippen LogP contribution is 2.28. The zero-order chi connectivity index (χ0) is 11.6. The van der Waals surface area contributed by atoms with E-state index in [9.17, 15) is 4.39 Å². The Balaban J connectivity index is 3.25. The number of halogens is 3. The third-order valence-corrected chi connectivity index (χ3v) is 4.50. The maximum absolute atomic E-state index is 13.5. The molecule has 0 nitrogen and oxygen atoms in total. The molecule has 4 heteroatoms. The first kappa shape index (κ1) is 13.0. The highest BCUT2D eigenvalue weighted by atomic mass is 79.9. The van der Waals surface area contributed by atoms with E-state index in [1.807, 2.05) is 0 Å². The van der Waals surface area contributed by atoms with Gasteiger partial charge >= 0.3 is 0 Å². The van der Waals surface area contributed by atoms with Gasteiger partial charge in [-0.05, 0) is 44.0 Å². The summed E-state index contributed by atoms with van der Waals surface area (Å²) in [6.45, 7) is 6.39. The van der Waals surface area contributed by atoms with Gasteiger partial charge in [-0.2, -0.15) is 0 Å². The molecule has 0 atom stereocenters. The van der Waals surface area contributed by atoms with Crippen LogP contribution in [0.5, 0.6) is 0 Å². The van der Waals surface area contributed by atoms with Crippen molar-refractivity contribution in [1.29, 1.82) is 0 Å². The Kier molecular flexibility index (Phi) is 4.16. The molecule has 1 aromatic rings. The van der Waals surface area contributed by atoms with E-state index in [1.54, 1.807) is 6.07 Å². The highest BCUT2D eigenvalue weighted by molar-refractivity contribution is 9.13. The molecule has 0 N–H and O–H groups in total. The van der Waals surface area contributed by atoms with Crippen LogP contribution >= 0.6 is 31.9 Å². The lowest BCUT2D eigenvalue weighted by Gasteiger charge is -2.05. The molecule has 0 unspecified atom stereocenters. The van der Waals surface area contributed by atoms with Crippen LogP contribution < -0.4 is 0 Å². The summed E-state index contributed by atoms with van der Waals surface area (Å²) in [7, 11) is -1.47. The van der Waals surface area contributed by atoms with E-state index >= 15 is 0 Å². The third kappa shape index (κ3) is 3.75. The molecule has 0 aliphatic carbocycles. The van der Waals surface area contributed by atoms with Crippen molar-refractivity contribution in [3.05, 3.63) is 32.5 Å². The van der Waals surface area contributed by atoms with Crippen molar-refractivity contribution in [1.82, 2.24) is 0 Å². The standard InChI is InChI=1S/C11H11Br2FSi/c1-15(2,3)7-6-8-10(14)5-4-9(12)11(8)13/h4-5H,1-3H3. The molecule has 0 radical (unpaired) electrons. The van der Waals surface area contributed by atoms with E-state index in [-0.39, 0.29) is 5.82 Å². The second kappa shape index (κ2) is 4.81. The number of hydrogen-bond donors (Lipinski definition) is 0. The van der Waals surface area contributed by atoms with Crippen LogP contribution in [0.4, 0.5) is 4.39 Å². The predicted molar refractivity (Wildman–Crippen MR) is 72.0 cm³/mol. The molecular weight excluding hydrogens is 339 g/mol. The molecule has 0 aliphatic heterocycles. The van der Waals surface area contributed by atoms with E-state index in [4.69, 9.17) is 0 Å². The Morgan fingerprint density at radius 3 is 2.33 bits per heavy atom. The molecule has 0 fully saturated rings. The van der Waals surface area contributed by atoms with Gasteiger partial charge in [-0.1, -0.05) is 25.6 Å². The van der Waals surface area contributed by atoms with Crippen LogP contribution in [0.25, 0.3) is 0 Å². The lowest BCUT2D eigenvalue weighted by atomic mass is 10.2. The molecule has 0 aliphatic rings. The van der Waals surface area contributed by atoms with Gasteiger partial charge in [0.2, 0.25) is 0 Å². The van der Waals surface area contributed by atoms with Gasteiger partial charge in [-0.15, -0.1) is 5.54 Å². The van der Waals surface area contributed by atoms with Gasteiger partial charge in [-0.3, -0.25) is 0 Å². The highest BCUT2D eigenvalue weighted by Gasteiger charge is 2.11. The van der Waals surface area contributed by atoms with Gasteiger partial charge in [0, 0.05) is 4.47 Å². The molecule has 0 saturated carbocycles. The first-order chi connectivity index (χ1) is 6.81. The normalized spacial score (nSPS) is 10.8. The second-order valence-corrected chi connectivity index (χ2v) is 10.6. The molecule has 0 bridgehead atoms. The van der Waals surface area contributed by atoms with Crippen molar-refractivity contribution in [2.45, 2.75) is 19.6 Å². The van der Waals surface area contributed by atoms with Gasteiger partial charge in [0.05, 0.1) is 10.0 Å². The molecular formula is C11H11Br2FSi. The maximum Gasteiger partial charge on any atom is 0.140 e. The van der Waals surface area contributed by atoms with Crippen LogP contribution in [-0.4, -0.2) is 8.07 Å². The fourth-order valence-electron chi connectivity index (χ4n) is 0.892. The maximum atomic E-state index is 13.5. The van der Waals surface area contributed by atoms with Crippen LogP contribution in [0, 0.1) is 17.3 Å². The van der Waals surface area contributed by atoms with Crippen LogP contribution in [0.15, 0.2) is 21.1 Å². The van der Waals surface area contributed by atoms with Crippen molar-refractivity contribution in [3.63, 3.8) is 0 Å². The summed E-state index contributed by atoms with van der Waals surface area (Å²) in [5.41, 5.74) is 3.58. The lowest BCUT2D eigenvalue weighted by molar-refractivity contribution is 0.623. The lowest BCUT2D eigenvalue weighted by Crippen LogP contribution is -2.16. The molecule has 0 amide bonds. The number of rotatable bonds is 0. The van der Waals surface area contributed by atoms with Crippen LogP contribution in [0.1, 0.15) is 5.56 Å². The summed E-state index contributed by atoms with van der Waals surface area (Å²) >= 11 is 6.66. The van der Waals surface area contributed by atoms with Gasteiger partial charge in [0.25, 0.3) is 0 Å². The molecule has 15 heavy (non-hydrogen) atoms. The summed E-state index contributed by atoms with van der Waals surface area (Å²) < 4.78 is 15.0. The molecule has 1 rings (SSSR count). The third-order valence-electron chi connectivity index (χ3n) is 1.61. The Bertz CT molecular complexity index is 438. The van der Waals surface area contributed by atoms with Crippen molar-refractivity contribution >= 4 is 39.9 Å². The van der Waals surface area contributed by atoms with Crippen molar-refractivity contribution in [3.8, 4) is 11.5 Å².